The Morgan fingerprint density at radius 1 is 1.14 bits per heavy atom. The fourth-order valence-corrected chi connectivity index (χ4v) is 1.71. The topological polar surface area (TPSA) is 49.7 Å². The highest BCUT2D eigenvalue weighted by Crippen LogP contribution is 1.82. The van der Waals surface area contributed by atoms with Crippen molar-refractivity contribution in [2.75, 3.05) is 0 Å². The van der Waals surface area contributed by atoms with E-state index in [0.717, 1.165) is 0 Å². The molecule has 0 heterocycles. The van der Waals surface area contributed by atoms with Crippen LogP contribution in [0.1, 0.15) is 0 Å². The zero-order chi connectivity index (χ0) is 5.86. The standard InChI is InChI=1S/H2O3S4/c1-6(4)3-7(2)5/h(H,1,4)(H,2,5). The van der Waals surface area contributed by atoms with Gasteiger partial charge in [0.1, 0.15) is 0 Å². The molecule has 0 aromatic heterocycles. The van der Waals surface area contributed by atoms with Gasteiger partial charge in [0, 0.05) is 22.4 Å². The lowest BCUT2D eigenvalue weighted by Gasteiger charge is -1.90. The fraction of sp³-hybridized carbons (Fsp3) is 0. The van der Waals surface area contributed by atoms with Gasteiger partial charge in [0.25, 0.3) is 0 Å². The second-order valence-electron chi connectivity index (χ2n) is 0.502. The molecule has 2 atom stereocenters. The maximum atomic E-state index is 8.12. The van der Waals surface area contributed by atoms with Crippen molar-refractivity contribution in [1.82, 2.24) is 0 Å². The summed E-state index contributed by atoms with van der Waals surface area (Å²) in [4.78, 5) is 0. The van der Waals surface area contributed by atoms with E-state index in [1.54, 1.807) is 0 Å². The molecule has 0 aromatic rings. The summed E-state index contributed by atoms with van der Waals surface area (Å²) in [5.41, 5.74) is 0. The monoisotopic (exact) mass is 178 g/mol. The van der Waals surface area contributed by atoms with Crippen LogP contribution >= 0.6 is 0 Å². The largest absolute Gasteiger partial charge is 0.305 e. The summed E-state index contributed by atoms with van der Waals surface area (Å²) < 4.78 is 20.3. The van der Waals surface area contributed by atoms with Gasteiger partial charge in [-0.1, -0.05) is 0 Å². The van der Waals surface area contributed by atoms with E-state index in [1.165, 1.54) is 0 Å². The van der Waals surface area contributed by atoms with Gasteiger partial charge in [0.15, 0.2) is 20.0 Å². The molecule has 44 valence electrons. The normalized spacial score (nSPS) is 18.6. The van der Waals surface area contributed by atoms with Crippen molar-refractivity contribution < 1.29 is 12.7 Å². The quantitative estimate of drug-likeness (QED) is 0.620. The Balaban J connectivity index is 3.32. The highest BCUT2D eigenvalue weighted by molar-refractivity contribution is 8.31. The van der Waals surface area contributed by atoms with Gasteiger partial charge in [-0.3, -0.25) is 0 Å². The molecule has 2 N–H and O–H groups in total. The summed E-state index contributed by atoms with van der Waals surface area (Å²) in [5.74, 6) is 0. The van der Waals surface area contributed by atoms with Crippen LogP contribution in [0.25, 0.3) is 0 Å². The highest BCUT2D eigenvalue weighted by atomic mass is 32.9. The third-order valence-electron chi connectivity index (χ3n) is 0.116. The second-order valence-corrected chi connectivity index (χ2v) is 3.63. The smallest absolute Gasteiger partial charge is 0.160 e. The zero-order valence-corrected chi connectivity index (χ0v) is 6.20. The molecule has 0 saturated heterocycles. The average molecular weight is 178 g/mol. The first kappa shape index (κ1) is 8.02. The van der Waals surface area contributed by atoms with Crippen molar-refractivity contribution in [3.63, 3.8) is 0 Å². The predicted octanol–water partition coefficient (Wildman–Crippen LogP) is -0.0606. The summed E-state index contributed by atoms with van der Waals surface area (Å²) in [5, 5.41) is 0. The fourth-order valence-electron chi connectivity index (χ4n) is 0.0498. The van der Waals surface area contributed by atoms with E-state index in [-0.39, 0.29) is 0 Å². The van der Waals surface area contributed by atoms with E-state index in [0.29, 0.717) is 0 Å². The Labute approximate surface area is 55.3 Å². The Kier molecular flexibility index (Phi) is 4.53. The van der Waals surface area contributed by atoms with Crippen molar-refractivity contribution in [3.8, 4) is 0 Å². The Morgan fingerprint density at radius 2 is 1.43 bits per heavy atom. The SMILES string of the molecule is OS(=S)OS(O)=S. The van der Waals surface area contributed by atoms with Crippen molar-refractivity contribution in [1.29, 1.82) is 0 Å². The minimum absolute atomic E-state index is 1.60. The number of rotatable bonds is 2. The second kappa shape index (κ2) is 3.96. The maximum absolute atomic E-state index is 8.12. The molecule has 0 aromatic carbocycles. The summed E-state index contributed by atoms with van der Waals surface area (Å²) in [7, 11) is -3.21. The van der Waals surface area contributed by atoms with E-state index < -0.39 is 20.0 Å². The molecule has 3 nitrogen and oxygen atoms in total. The minimum atomic E-state index is -1.60. The molecule has 0 rings (SSSR count). The summed E-state index contributed by atoms with van der Waals surface area (Å²) >= 11 is 8.19. The molecule has 0 saturated carbocycles. The zero-order valence-electron chi connectivity index (χ0n) is 2.94. The van der Waals surface area contributed by atoms with Crippen molar-refractivity contribution in [2.45, 2.75) is 0 Å². The molecule has 0 aliphatic heterocycles. The summed E-state index contributed by atoms with van der Waals surface area (Å²) in [6.07, 6.45) is 0. The average Bonchev–Trinajstić information content (AvgIpc) is 1.27. The van der Waals surface area contributed by atoms with Crippen LogP contribution in [0.2, 0.25) is 0 Å². The van der Waals surface area contributed by atoms with Gasteiger partial charge in [-0.15, -0.1) is 0 Å². The lowest BCUT2D eigenvalue weighted by atomic mass is 15.8. The molecule has 0 fully saturated rings. The molecular formula is H2O3S4. The Hall–Kier alpha value is 1.02. The first-order valence-electron chi connectivity index (χ1n) is 1.03. The molecule has 0 amide bonds. The first-order valence-corrected chi connectivity index (χ1v) is 5.10. The molecule has 2 unspecified atom stereocenters. The van der Waals surface area contributed by atoms with Crippen molar-refractivity contribution in [3.05, 3.63) is 0 Å². The van der Waals surface area contributed by atoms with Gasteiger partial charge >= 0.3 is 0 Å². The number of hydrogen-bond donors (Lipinski definition) is 2. The van der Waals surface area contributed by atoms with Crippen LogP contribution in [0, 0.1) is 0 Å². The molecule has 0 aliphatic rings. The molecule has 0 bridgehead atoms. The van der Waals surface area contributed by atoms with Crippen LogP contribution in [-0.4, -0.2) is 9.11 Å². The van der Waals surface area contributed by atoms with Gasteiger partial charge in [-0.25, -0.2) is 0 Å². The summed E-state index contributed by atoms with van der Waals surface area (Å²) in [6.45, 7) is 0. The molecule has 0 aliphatic carbocycles. The van der Waals surface area contributed by atoms with E-state index in [9.17, 15) is 0 Å². The Morgan fingerprint density at radius 3 is 1.43 bits per heavy atom. The third kappa shape index (κ3) is 7.02. The van der Waals surface area contributed by atoms with Crippen molar-refractivity contribution in [2.24, 2.45) is 0 Å². The molecule has 0 radical (unpaired) electrons. The van der Waals surface area contributed by atoms with Crippen molar-refractivity contribution >= 4 is 42.4 Å². The van der Waals surface area contributed by atoms with Crippen LogP contribution in [0.5, 0.6) is 0 Å². The van der Waals surface area contributed by atoms with Crippen LogP contribution in [-0.2, 0) is 46.0 Å². The minimum Gasteiger partial charge on any atom is -0.305 e. The van der Waals surface area contributed by atoms with E-state index in [4.69, 9.17) is 9.11 Å². The van der Waals surface area contributed by atoms with Crippen LogP contribution in [0.15, 0.2) is 0 Å². The maximum Gasteiger partial charge on any atom is 0.160 e. The van der Waals surface area contributed by atoms with Crippen LogP contribution < -0.4 is 0 Å². The molecule has 0 spiro atoms. The van der Waals surface area contributed by atoms with Gasteiger partial charge in [0.2, 0.25) is 0 Å². The van der Waals surface area contributed by atoms with E-state index in [1.807, 2.05) is 0 Å². The van der Waals surface area contributed by atoms with Gasteiger partial charge in [-0.2, -0.15) is 3.63 Å². The van der Waals surface area contributed by atoms with E-state index >= 15 is 0 Å². The lowest BCUT2D eigenvalue weighted by molar-refractivity contribution is 0.518. The highest BCUT2D eigenvalue weighted by Gasteiger charge is 1.87. The van der Waals surface area contributed by atoms with Crippen LogP contribution in [0.4, 0.5) is 0 Å². The Bertz CT molecular complexity index is 83.1. The third-order valence-corrected chi connectivity index (χ3v) is 2.05. The molecule has 7 heavy (non-hydrogen) atoms. The van der Waals surface area contributed by atoms with Gasteiger partial charge in [0.05, 0.1) is 0 Å². The van der Waals surface area contributed by atoms with Gasteiger partial charge in [-0.05, 0) is 0 Å². The molecule has 7 heteroatoms. The van der Waals surface area contributed by atoms with Gasteiger partial charge < -0.3 is 9.11 Å². The number of hydrogen-bond acceptors (Lipinski definition) is 3. The predicted molar refractivity (Wildman–Crippen MR) is 35.8 cm³/mol. The summed E-state index contributed by atoms with van der Waals surface area (Å²) in [6, 6.07) is 0. The lowest BCUT2D eigenvalue weighted by Crippen LogP contribution is -1.94. The molecular weight excluding hydrogens is 176 g/mol. The van der Waals surface area contributed by atoms with Crippen LogP contribution in [0.3, 0.4) is 0 Å². The first-order chi connectivity index (χ1) is 3.13. The van der Waals surface area contributed by atoms with E-state index in [2.05, 4.69) is 26.0 Å².